The number of carbonyl (C=O) groups excluding carboxylic acids is 2. The zero-order valence-corrected chi connectivity index (χ0v) is 16.1. The van der Waals surface area contributed by atoms with Gasteiger partial charge in [0, 0.05) is 23.7 Å². The molecule has 2 aromatic heterocycles. The third-order valence-corrected chi connectivity index (χ3v) is 5.88. The molecule has 0 spiro atoms. The number of rotatable bonds is 5. The molecule has 1 saturated heterocycles. The Balaban J connectivity index is 1.42. The summed E-state index contributed by atoms with van der Waals surface area (Å²) < 4.78 is 5.28. The van der Waals surface area contributed by atoms with Crippen LogP contribution in [0.1, 0.15) is 72.9 Å². The highest BCUT2D eigenvalue weighted by Gasteiger charge is 2.35. The lowest BCUT2D eigenvalue weighted by Crippen LogP contribution is -2.34. The third-order valence-electron chi connectivity index (χ3n) is 4.66. The van der Waals surface area contributed by atoms with Gasteiger partial charge in [-0.25, -0.2) is 9.78 Å². The van der Waals surface area contributed by atoms with Crippen molar-refractivity contribution in [3.05, 3.63) is 22.8 Å². The Morgan fingerprint density at radius 3 is 2.85 bits per heavy atom. The van der Waals surface area contributed by atoms with E-state index < -0.39 is 0 Å². The molecule has 2 N–H and O–H groups in total. The highest BCUT2D eigenvalue weighted by atomic mass is 32.1. The molecule has 3 amide bonds. The summed E-state index contributed by atoms with van der Waals surface area (Å²) in [6.07, 6.45) is 5.31. The number of urea groups is 1. The maximum atomic E-state index is 12.7. The average molecular weight is 390 g/mol. The van der Waals surface area contributed by atoms with Crippen molar-refractivity contribution < 1.29 is 14.1 Å². The number of amides is 3. The van der Waals surface area contributed by atoms with E-state index in [-0.39, 0.29) is 29.8 Å². The Morgan fingerprint density at radius 1 is 1.33 bits per heavy atom. The minimum absolute atomic E-state index is 0.0191. The summed E-state index contributed by atoms with van der Waals surface area (Å²) in [6.45, 7) is 4.76. The van der Waals surface area contributed by atoms with Crippen molar-refractivity contribution in [2.75, 3.05) is 11.9 Å². The number of carbonyl (C=O) groups is 2. The second-order valence-corrected chi connectivity index (χ2v) is 8.27. The Labute approximate surface area is 160 Å². The quantitative estimate of drug-likeness (QED) is 0.811. The molecular formula is C17H22N6O3S. The summed E-state index contributed by atoms with van der Waals surface area (Å²) in [4.78, 5) is 36.0. The number of nitrogens with one attached hydrogen (secondary N) is 2. The van der Waals surface area contributed by atoms with Crippen LogP contribution in [0.4, 0.5) is 9.93 Å². The van der Waals surface area contributed by atoms with Crippen molar-refractivity contribution in [3.8, 4) is 0 Å². The predicted molar refractivity (Wildman–Crippen MR) is 98.7 cm³/mol. The molecule has 1 unspecified atom stereocenters. The molecule has 1 saturated carbocycles. The molecule has 3 heterocycles. The zero-order chi connectivity index (χ0) is 19.0. The van der Waals surface area contributed by atoms with Gasteiger partial charge in [-0.15, -0.1) is 11.3 Å². The molecule has 2 aliphatic rings. The first kappa shape index (κ1) is 17.9. The number of likely N-dealkylation sites (tertiary alicyclic amines) is 1. The number of anilines is 1. The van der Waals surface area contributed by atoms with Gasteiger partial charge in [-0.3, -0.25) is 10.1 Å². The molecule has 1 atom stereocenters. The summed E-state index contributed by atoms with van der Waals surface area (Å²) in [5, 5.41) is 10.0. The first-order valence-electron chi connectivity index (χ1n) is 9.19. The van der Waals surface area contributed by atoms with Crippen molar-refractivity contribution in [3.63, 3.8) is 0 Å². The number of aromatic nitrogens is 3. The normalized spacial score (nSPS) is 19.5. The molecule has 0 bridgehead atoms. The number of nitrogens with zero attached hydrogens (tertiary/aromatic N) is 4. The van der Waals surface area contributed by atoms with Crippen LogP contribution >= 0.6 is 11.3 Å². The van der Waals surface area contributed by atoms with Gasteiger partial charge < -0.3 is 14.7 Å². The molecule has 27 heavy (non-hydrogen) atoms. The minimum atomic E-state index is -0.329. The van der Waals surface area contributed by atoms with E-state index in [2.05, 4.69) is 39.6 Å². The molecule has 1 aliphatic heterocycles. The maximum Gasteiger partial charge on any atom is 0.324 e. The van der Waals surface area contributed by atoms with Crippen molar-refractivity contribution in [2.45, 2.75) is 57.5 Å². The van der Waals surface area contributed by atoms with Crippen LogP contribution in [0.5, 0.6) is 0 Å². The van der Waals surface area contributed by atoms with Gasteiger partial charge in [0.15, 0.2) is 5.13 Å². The van der Waals surface area contributed by atoms with Gasteiger partial charge in [-0.1, -0.05) is 19.0 Å². The van der Waals surface area contributed by atoms with Gasteiger partial charge >= 0.3 is 6.03 Å². The fourth-order valence-corrected chi connectivity index (χ4v) is 3.79. The molecule has 9 nitrogen and oxygen atoms in total. The van der Waals surface area contributed by atoms with Crippen LogP contribution in [-0.4, -0.2) is 44.5 Å². The van der Waals surface area contributed by atoms with Crippen molar-refractivity contribution in [2.24, 2.45) is 0 Å². The highest BCUT2D eigenvalue weighted by Crippen LogP contribution is 2.32. The highest BCUT2D eigenvalue weighted by molar-refractivity contribution is 7.15. The van der Waals surface area contributed by atoms with Crippen molar-refractivity contribution in [1.29, 1.82) is 0 Å². The van der Waals surface area contributed by atoms with Crippen LogP contribution < -0.4 is 10.6 Å². The van der Waals surface area contributed by atoms with Crippen molar-refractivity contribution in [1.82, 2.24) is 25.3 Å². The van der Waals surface area contributed by atoms with Gasteiger partial charge in [-0.2, -0.15) is 4.98 Å². The number of thiazole rings is 1. The van der Waals surface area contributed by atoms with Gasteiger partial charge in [0.2, 0.25) is 5.89 Å². The smallest absolute Gasteiger partial charge is 0.324 e. The fraction of sp³-hybridized carbons (Fsp3) is 0.588. The van der Waals surface area contributed by atoms with Gasteiger partial charge in [-0.05, 0) is 31.6 Å². The van der Waals surface area contributed by atoms with E-state index in [1.54, 1.807) is 11.1 Å². The van der Waals surface area contributed by atoms with E-state index in [1.165, 1.54) is 11.3 Å². The second-order valence-electron chi connectivity index (χ2n) is 7.21. The first-order valence-corrected chi connectivity index (χ1v) is 10.0. The topological polar surface area (TPSA) is 113 Å². The molecular weight excluding hydrogens is 368 g/mol. The van der Waals surface area contributed by atoms with E-state index in [1.807, 2.05) is 0 Å². The van der Waals surface area contributed by atoms with E-state index in [4.69, 9.17) is 4.52 Å². The Kier molecular flexibility index (Phi) is 4.81. The summed E-state index contributed by atoms with van der Waals surface area (Å²) in [5.41, 5.74) is 0. The second kappa shape index (κ2) is 7.26. The molecule has 10 heteroatoms. The third kappa shape index (κ3) is 3.95. The standard InChI is InChI=1S/C17H22N6O3S/c1-9(2)12-8-18-16(27-12)21-17(25)23-7-3-4-11(23)15-20-13(22-26-15)14(24)19-10-5-6-10/h8-11H,3-7H2,1-2H3,(H,19,24)(H,18,21,25). The Bertz CT molecular complexity index is 843. The minimum Gasteiger partial charge on any atom is -0.346 e. The van der Waals surface area contributed by atoms with Gasteiger partial charge in [0.05, 0.1) is 0 Å². The predicted octanol–water partition coefficient (Wildman–Crippen LogP) is 2.91. The molecule has 0 aromatic carbocycles. The molecule has 4 rings (SSSR count). The van der Waals surface area contributed by atoms with Gasteiger partial charge in [0.1, 0.15) is 6.04 Å². The van der Waals surface area contributed by atoms with E-state index in [9.17, 15) is 9.59 Å². The lowest BCUT2D eigenvalue weighted by atomic mass is 10.2. The maximum absolute atomic E-state index is 12.7. The molecule has 2 aromatic rings. The van der Waals surface area contributed by atoms with Crippen molar-refractivity contribution >= 4 is 28.4 Å². The van der Waals surface area contributed by atoms with E-state index in [0.29, 0.717) is 29.9 Å². The summed E-state index contributed by atoms with van der Waals surface area (Å²) in [5.74, 6) is 0.355. The lowest BCUT2D eigenvalue weighted by Gasteiger charge is -2.21. The number of hydrogen-bond donors (Lipinski definition) is 2. The summed E-state index contributed by atoms with van der Waals surface area (Å²) in [7, 11) is 0. The summed E-state index contributed by atoms with van der Waals surface area (Å²) in [6, 6.07) is -0.351. The van der Waals surface area contributed by atoms with Crippen LogP contribution in [0.2, 0.25) is 0 Å². The van der Waals surface area contributed by atoms with E-state index >= 15 is 0 Å². The largest absolute Gasteiger partial charge is 0.346 e. The monoisotopic (exact) mass is 390 g/mol. The van der Waals surface area contributed by atoms with Crippen LogP contribution in [0.3, 0.4) is 0 Å². The van der Waals surface area contributed by atoms with Crippen LogP contribution in [0.25, 0.3) is 0 Å². The fourth-order valence-electron chi connectivity index (χ4n) is 2.98. The van der Waals surface area contributed by atoms with Crippen LogP contribution in [0.15, 0.2) is 10.7 Å². The molecule has 1 aliphatic carbocycles. The van der Waals surface area contributed by atoms with Gasteiger partial charge in [0.25, 0.3) is 11.7 Å². The summed E-state index contributed by atoms with van der Waals surface area (Å²) >= 11 is 1.47. The molecule has 144 valence electrons. The van der Waals surface area contributed by atoms with Crippen LogP contribution in [0, 0.1) is 0 Å². The first-order chi connectivity index (χ1) is 13.0. The SMILES string of the molecule is CC(C)c1cnc(NC(=O)N2CCCC2c2nc(C(=O)NC3CC3)no2)s1. The molecule has 2 fully saturated rings. The Morgan fingerprint density at radius 2 is 2.15 bits per heavy atom. The zero-order valence-electron chi connectivity index (χ0n) is 15.3. The average Bonchev–Trinajstić information content (AvgIpc) is 3.10. The van der Waals surface area contributed by atoms with Crippen LogP contribution in [-0.2, 0) is 0 Å². The lowest BCUT2D eigenvalue weighted by molar-refractivity contribution is 0.0937. The number of hydrogen-bond acceptors (Lipinski definition) is 7. The van der Waals surface area contributed by atoms with E-state index in [0.717, 1.165) is 24.1 Å². The Hall–Kier alpha value is -2.49. The molecule has 0 radical (unpaired) electrons.